The van der Waals surface area contributed by atoms with Gasteiger partial charge in [0.25, 0.3) is 0 Å². The van der Waals surface area contributed by atoms with Crippen LogP contribution in [-0.4, -0.2) is 79.8 Å². The maximum absolute atomic E-state index is 14.7. The van der Waals surface area contributed by atoms with Crippen LogP contribution in [-0.2, 0) is 4.74 Å². The number of halogens is 1. The Morgan fingerprint density at radius 1 is 1.11 bits per heavy atom. The Bertz CT molecular complexity index is 1280. The van der Waals surface area contributed by atoms with E-state index < -0.39 is 11.8 Å². The second-order valence-corrected chi connectivity index (χ2v) is 9.82. The van der Waals surface area contributed by atoms with Crippen LogP contribution in [0.25, 0.3) is 10.9 Å². The lowest BCUT2D eigenvalue weighted by Crippen LogP contribution is -2.55. The first-order valence-corrected chi connectivity index (χ1v) is 13.2. The van der Waals surface area contributed by atoms with Crippen molar-refractivity contribution in [3.63, 3.8) is 0 Å². The van der Waals surface area contributed by atoms with Gasteiger partial charge in [-0.15, -0.1) is 0 Å². The van der Waals surface area contributed by atoms with Crippen LogP contribution in [0.5, 0.6) is 5.75 Å². The number of carbonyl (C=O) groups excluding carboxylic acids is 1. The zero-order chi connectivity index (χ0) is 27.2. The van der Waals surface area contributed by atoms with Crippen molar-refractivity contribution in [3.8, 4) is 11.8 Å². The van der Waals surface area contributed by atoms with E-state index in [0.717, 1.165) is 6.42 Å². The van der Waals surface area contributed by atoms with E-state index in [4.69, 9.17) is 9.47 Å². The molecule has 202 valence electrons. The monoisotopic (exact) mass is 521 g/mol. The molecule has 3 aliphatic heterocycles. The number of aromatic nitrogens is 1. The number of rotatable bonds is 7. The summed E-state index contributed by atoms with van der Waals surface area (Å²) >= 11 is 0. The first-order chi connectivity index (χ1) is 18.4. The van der Waals surface area contributed by atoms with Crippen LogP contribution >= 0.6 is 0 Å². The summed E-state index contributed by atoms with van der Waals surface area (Å²) in [6, 6.07) is 11.7. The molecule has 9 heteroatoms. The summed E-state index contributed by atoms with van der Waals surface area (Å²) in [4.78, 5) is 22.8. The lowest BCUT2D eigenvalue weighted by molar-refractivity contribution is 0.0604. The van der Waals surface area contributed by atoms with E-state index >= 15 is 0 Å². The normalized spacial score (nSPS) is 18.0. The van der Waals surface area contributed by atoms with Crippen LogP contribution in [0.15, 0.2) is 36.4 Å². The van der Waals surface area contributed by atoms with Gasteiger partial charge in [-0.05, 0) is 44.5 Å². The Hall–Kier alpha value is -3.61. The van der Waals surface area contributed by atoms with Crippen LogP contribution < -0.4 is 9.64 Å². The highest BCUT2D eigenvalue weighted by atomic mass is 19.1. The van der Waals surface area contributed by atoms with E-state index in [-0.39, 0.29) is 11.8 Å². The SMILES string of the molecule is C1CN2CCN1CC2.CCCOc1ccc(N(c2[nH]c3cc(C#N)ccc3c2C(=O)OC)C(C)C)cc1F. The molecule has 0 spiro atoms. The Kier molecular flexibility index (Phi) is 8.87. The third kappa shape index (κ3) is 5.93. The molecule has 3 fully saturated rings. The molecule has 8 nitrogen and oxygen atoms in total. The van der Waals surface area contributed by atoms with Crippen LogP contribution in [0, 0.1) is 17.1 Å². The van der Waals surface area contributed by atoms with Gasteiger partial charge in [0.1, 0.15) is 11.4 Å². The van der Waals surface area contributed by atoms with Crippen molar-refractivity contribution in [3.05, 3.63) is 53.3 Å². The number of hydrogen-bond donors (Lipinski definition) is 1. The maximum Gasteiger partial charge on any atom is 0.342 e. The van der Waals surface area contributed by atoms with Gasteiger partial charge in [0.2, 0.25) is 0 Å². The minimum Gasteiger partial charge on any atom is -0.491 e. The lowest BCUT2D eigenvalue weighted by atomic mass is 10.1. The topological polar surface area (TPSA) is 84.8 Å². The fourth-order valence-electron chi connectivity index (χ4n) is 4.92. The van der Waals surface area contributed by atoms with Gasteiger partial charge >= 0.3 is 5.97 Å². The molecule has 3 aliphatic rings. The molecular weight excluding hydrogens is 485 g/mol. The third-order valence-electron chi connectivity index (χ3n) is 6.91. The highest BCUT2D eigenvalue weighted by Crippen LogP contribution is 2.37. The molecule has 0 unspecified atom stereocenters. The Morgan fingerprint density at radius 3 is 2.26 bits per heavy atom. The number of nitriles is 1. The molecule has 2 aromatic carbocycles. The summed E-state index contributed by atoms with van der Waals surface area (Å²) in [6.45, 7) is 14.2. The maximum atomic E-state index is 14.7. The number of carbonyl (C=O) groups is 1. The molecule has 4 heterocycles. The summed E-state index contributed by atoms with van der Waals surface area (Å²) in [6.07, 6.45) is 0.779. The van der Waals surface area contributed by atoms with Crippen molar-refractivity contribution in [2.75, 3.05) is 57.9 Å². The van der Waals surface area contributed by atoms with Gasteiger partial charge in [-0.3, -0.25) is 9.80 Å². The molecule has 2 bridgehead atoms. The van der Waals surface area contributed by atoms with Gasteiger partial charge < -0.3 is 19.4 Å². The molecule has 0 amide bonds. The van der Waals surface area contributed by atoms with Crippen LogP contribution in [0.4, 0.5) is 15.9 Å². The van der Waals surface area contributed by atoms with E-state index in [9.17, 15) is 14.4 Å². The van der Waals surface area contributed by atoms with Crippen molar-refractivity contribution in [1.82, 2.24) is 14.8 Å². The summed E-state index contributed by atoms with van der Waals surface area (Å²) in [5.41, 5.74) is 1.98. The van der Waals surface area contributed by atoms with E-state index in [1.807, 2.05) is 25.7 Å². The third-order valence-corrected chi connectivity index (χ3v) is 6.91. The smallest absolute Gasteiger partial charge is 0.342 e. The number of anilines is 2. The molecule has 3 saturated heterocycles. The average Bonchev–Trinajstić information content (AvgIpc) is 3.31. The second-order valence-electron chi connectivity index (χ2n) is 9.82. The molecule has 6 rings (SSSR count). The van der Waals surface area contributed by atoms with E-state index in [0.29, 0.717) is 40.1 Å². The first kappa shape index (κ1) is 27.4. The predicted molar refractivity (Wildman–Crippen MR) is 147 cm³/mol. The molecule has 38 heavy (non-hydrogen) atoms. The fourth-order valence-corrected chi connectivity index (χ4v) is 4.92. The highest BCUT2D eigenvalue weighted by molar-refractivity contribution is 6.10. The number of ether oxygens (including phenoxy) is 2. The number of esters is 1. The second kappa shape index (κ2) is 12.3. The molecule has 1 aromatic heterocycles. The quantitative estimate of drug-likeness (QED) is 0.442. The van der Waals surface area contributed by atoms with Gasteiger partial charge in [-0.25, -0.2) is 9.18 Å². The average molecular weight is 522 g/mol. The molecule has 0 radical (unpaired) electrons. The molecule has 0 atom stereocenters. The minimum atomic E-state index is -0.519. The van der Waals surface area contributed by atoms with E-state index in [1.165, 1.54) is 52.4 Å². The standard InChI is InChI=1S/C23H24FN3O3.C6H12N2/c1-5-10-30-20-9-7-16(12-18(20)24)27(14(2)3)22-21(23(28)29-4)17-8-6-15(13-25)11-19(17)26-22;1-2-8-5-3-7(1)4-6-8/h6-9,11-12,14,26H,5,10H2,1-4H3;1-6H2. The summed E-state index contributed by atoms with van der Waals surface area (Å²) in [5.74, 6) is -0.333. The molecule has 0 aliphatic carbocycles. The number of nitrogens with one attached hydrogen (secondary N) is 1. The largest absolute Gasteiger partial charge is 0.491 e. The van der Waals surface area contributed by atoms with Gasteiger partial charge in [-0.1, -0.05) is 13.0 Å². The van der Waals surface area contributed by atoms with Crippen LogP contribution in [0.2, 0.25) is 0 Å². The van der Waals surface area contributed by atoms with Gasteiger partial charge in [0.05, 0.1) is 25.3 Å². The number of nitrogens with zero attached hydrogens (tertiary/aromatic N) is 4. The van der Waals surface area contributed by atoms with Crippen LogP contribution in [0.1, 0.15) is 43.1 Å². The number of H-pyrrole nitrogens is 1. The summed E-state index contributed by atoms with van der Waals surface area (Å²) in [5, 5.41) is 9.83. The Balaban J connectivity index is 0.000000353. The number of fused-ring (bicyclic) bond motifs is 4. The molecule has 3 aromatic rings. The fraction of sp³-hybridized carbons (Fsp3) is 0.448. The first-order valence-electron chi connectivity index (χ1n) is 13.2. The van der Waals surface area contributed by atoms with Crippen molar-refractivity contribution < 1.29 is 18.7 Å². The number of benzene rings is 2. The lowest BCUT2D eigenvalue weighted by Gasteiger charge is -2.41. The van der Waals surface area contributed by atoms with Crippen molar-refractivity contribution >= 4 is 28.4 Å². The number of hydrogen-bond acceptors (Lipinski definition) is 7. The molecular formula is C29H36FN5O3. The van der Waals surface area contributed by atoms with Gasteiger partial charge in [0, 0.05) is 68.0 Å². The van der Waals surface area contributed by atoms with Gasteiger partial charge in [-0.2, -0.15) is 5.26 Å². The number of aromatic amines is 1. The van der Waals surface area contributed by atoms with Crippen LogP contribution in [0.3, 0.4) is 0 Å². The van der Waals surface area contributed by atoms with Crippen molar-refractivity contribution in [1.29, 1.82) is 5.26 Å². The Labute approximate surface area is 223 Å². The molecule has 0 saturated carbocycles. The number of piperazine rings is 3. The zero-order valence-electron chi connectivity index (χ0n) is 22.6. The summed E-state index contributed by atoms with van der Waals surface area (Å²) < 4.78 is 25.1. The molecule has 1 N–H and O–H groups in total. The van der Waals surface area contributed by atoms with Crippen molar-refractivity contribution in [2.45, 2.75) is 33.2 Å². The highest BCUT2D eigenvalue weighted by Gasteiger charge is 2.27. The van der Waals surface area contributed by atoms with Gasteiger partial charge in [0.15, 0.2) is 11.6 Å². The Morgan fingerprint density at radius 2 is 1.76 bits per heavy atom. The van der Waals surface area contributed by atoms with E-state index in [1.54, 1.807) is 30.3 Å². The minimum absolute atomic E-state index is 0.112. The summed E-state index contributed by atoms with van der Waals surface area (Å²) in [7, 11) is 1.31. The van der Waals surface area contributed by atoms with Crippen molar-refractivity contribution in [2.24, 2.45) is 0 Å². The van der Waals surface area contributed by atoms with E-state index in [2.05, 4.69) is 20.9 Å². The predicted octanol–water partition coefficient (Wildman–Crippen LogP) is 4.92. The number of methoxy groups -OCH3 is 1. The zero-order valence-corrected chi connectivity index (χ0v) is 22.6.